The Labute approximate surface area is 102 Å². The second kappa shape index (κ2) is 6.04. The van der Waals surface area contributed by atoms with Crippen LogP contribution in [0.4, 0.5) is 0 Å². The van der Waals surface area contributed by atoms with Crippen LogP contribution >= 0.6 is 23.5 Å². The first-order valence-corrected chi connectivity index (χ1v) is 7.93. The zero-order valence-electron chi connectivity index (χ0n) is 10.2. The molecular weight excluding hydrogens is 224 g/mol. The molecule has 1 saturated heterocycles. The molecule has 1 heterocycles. The van der Waals surface area contributed by atoms with Crippen molar-refractivity contribution in [2.75, 3.05) is 17.8 Å². The molecule has 0 aromatic carbocycles. The maximum Gasteiger partial charge on any atom is 0.157 e. The van der Waals surface area contributed by atoms with Gasteiger partial charge in [-0.25, -0.2) is 0 Å². The Morgan fingerprint density at radius 1 is 1.60 bits per heavy atom. The van der Waals surface area contributed by atoms with Crippen LogP contribution < -0.4 is 5.32 Å². The largest absolute Gasteiger partial charge is 0.360 e. The molecular formula is C11H22N2S2. The van der Waals surface area contributed by atoms with E-state index in [9.17, 15) is 0 Å². The molecule has 15 heavy (non-hydrogen) atoms. The number of amidine groups is 1. The van der Waals surface area contributed by atoms with Gasteiger partial charge in [-0.3, -0.25) is 4.99 Å². The maximum absolute atomic E-state index is 4.79. The van der Waals surface area contributed by atoms with Crippen LogP contribution in [-0.4, -0.2) is 34.5 Å². The van der Waals surface area contributed by atoms with Gasteiger partial charge in [-0.15, -0.1) is 0 Å². The minimum Gasteiger partial charge on any atom is -0.360 e. The Hall–Kier alpha value is 0.170. The zero-order chi connectivity index (χ0) is 11.3. The van der Waals surface area contributed by atoms with E-state index < -0.39 is 0 Å². The van der Waals surface area contributed by atoms with Crippen LogP contribution in [0, 0.1) is 0 Å². The Balaban J connectivity index is 2.56. The molecule has 0 radical (unpaired) electrons. The smallest absolute Gasteiger partial charge is 0.157 e. The van der Waals surface area contributed by atoms with Gasteiger partial charge in [-0.2, -0.15) is 11.8 Å². The highest BCUT2D eigenvalue weighted by atomic mass is 32.2. The van der Waals surface area contributed by atoms with E-state index in [4.69, 9.17) is 4.99 Å². The molecule has 0 aliphatic carbocycles. The standard InChI is InChI=1S/C11H22N2S2/c1-5-9(8-14-4)12-10-13-11(2,3)6-7-15-10/h9H,5-8H2,1-4H3,(H,12,13). The molecule has 0 amide bonds. The summed E-state index contributed by atoms with van der Waals surface area (Å²) < 4.78 is 0. The van der Waals surface area contributed by atoms with E-state index in [0.29, 0.717) is 6.04 Å². The Bertz CT molecular complexity index is 227. The molecule has 0 bridgehead atoms. The van der Waals surface area contributed by atoms with Crippen LogP contribution in [0.25, 0.3) is 0 Å². The average Bonchev–Trinajstić information content (AvgIpc) is 2.15. The molecule has 0 aromatic heterocycles. The first-order chi connectivity index (χ1) is 7.07. The summed E-state index contributed by atoms with van der Waals surface area (Å²) in [6.07, 6.45) is 4.50. The van der Waals surface area contributed by atoms with Crippen molar-refractivity contribution in [3.8, 4) is 0 Å². The quantitative estimate of drug-likeness (QED) is 0.825. The zero-order valence-corrected chi connectivity index (χ0v) is 11.8. The summed E-state index contributed by atoms with van der Waals surface area (Å²) in [4.78, 5) is 4.79. The Morgan fingerprint density at radius 3 is 2.87 bits per heavy atom. The molecule has 4 heteroatoms. The molecule has 1 N–H and O–H groups in total. The van der Waals surface area contributed by atoms with Gasteiger partial charge in [0.1, 0.15) is 0 Å². The third-order valence-corrected chi connectivity index (χ3v) is 4.15. The summed E-state index contributed by atoms with van der Waals surface area (Å²) in [6, 6.07) is 0.476. The highest BCUT2D eigenvalue weighted by Gasteiger charge is 2.24. The topological polar surface area (TPSA) is 24.4 Å². The number of thioether (sulfide) groups is 2. The van der Waals surface area contributed by atoms with Crippen LogP contribution in [-0.2, 0) is 0 Å². The number of nitrogens with one attached hydrogen (secondary N) is 1. The lowest BCUT2D eigenvalue weighted by atomic mass is 10.0. The van der Waals surface area contributed by atoms with E-state index >= 15 is 0 Å². The van der Waals surface area contributed by atoms with Crippen molar-refractivity contribution >= 4 is 28.7 Å². The number of hydrogen-bond donors (Lipinski definition) is 1. The van der Waals surface area contributed by atoms with Crippen molar-refractivity contribution < 1.29 is 0 Å². The van der Waals surface area contributed by atoms with E-state index in [0.717, 1.165) is 17.3 Å². The van der Waals surface area contributed by atoms with Gasteiger partial charge in [0.15, 0.2) is 5.17 Å². The summed E-state index contributed by atoms with van der Waals surface area (Å²) in [6.45, 7) is 6.71. The summed E-state index contributed by atoms with van der Waals surface area (Å²) in [7, 11) is 0. The highest BCUT2D eigenvalue weighted by molar-refractivity contribution is 8.13. The second-order valence-corrected chi connectivity index (χ2v) is 6.55. The fourth-order valence-electron chi connectivity index (χ4n) is 1.47. The summed E-state index contributed by atoms with van der Waals surface area (Å²) in [5, 5.41) is 4.67. The molecule has 1 aliphatic heterocycles. The van der Waals surface area contributed by atoms with Crippen LogP contribution in [0.2, 0.25) is 0 Å². The van der Waals surface area contributed by atoms with Gasteiger partial charge in [0, 0.05) is 17.0 Å². The van der Waals surface area contributed by atoms with Gasteiger partial charge in [0.05, 0.1) is 6.04 Å². The van der Waals surface area contributed by atoms with Gasteiger partial charge in [-0.1, -0.05) is 18.7 Å². The van der Waals surface area contributed by atoms with Crippen molar-refractivity contribution in [3.05, 3.63) is 0 Å². The molecule has 1 atom stereocenters. The summed E-state index contributed by atoms with van der Waals surface area (Å²) >= 11 is 3.74. The lowest BCUT2D eigenvalue weighted by Gasteiger charge is -2.32. The van der Waals surface area contributed by atoms with Gasteiger partial charge in [-0.05, 0) is 32.9 Å². The van der Waals surface area contributed by atoms with Gasteiger partial charge >= 0.3 is 0 Å². The van der Waals surface area contributed by atoms with Crippen molar-refractivity contribution in [1.29, 1.82) is 0 Å². The molecule has 0 spiro atoms. The SMILES string of the molecule is CCC(CSC)N=C1NC(C)(C)CCS1. The van der Waals surface area contributed by atoms with E-state index in [2.05, 4.69) is 32.3 Å². The molecule has 1 fully saturated rings. The molecule has 0 saturated carbocycles. The fourth-order valence-corrected chi connectivity index (χ4v) is 3.54. The normalized spacial score (nSPS) is 24.9. The highest BCUT2D eigenvalue weighted by Crippen LogP contribution is 2.22. The third kappa shape index (κ3) is 4.68. The second-order valence-electron chi connectivity index (χ2n) is 4.56. The molecule has 88 valence electrons. The van der Waals surface area contributed by atoms with E-state index in [1.807, 2.05) is 23.5 Å². The first-order valence-electron chi connectivity index (χ1n) is 5.55. The monoisotopic (exact) mass is 246 g/mol. The van der Waals surface area contributed by atoms with Crippen molar-refractivity contribution in [1.82, 2.24) is 5.32 Å². The minimum atomic E-state index is 0.224. The lowest BCUT2D eigenvalue weighted by Crippen LogP contribution is -2.46. The van der Waals surface area contributed by atoms with Crippen molar-refractivity contribution in [2.45, 2.75) is 45.2 Å². The number of nitrogens with zero attached hydrogens (tertiary/aromatic N) is 1. The molecule has 2 nitrogen and oxygen atoms in total. The van der Waals surface area contributed by atoms with Crippen LogP contribution in [0.1, 0.15) is 33.6 Å². The van der Waals surface area contributed by atoms with E-state index in [-0.39, 0.29) is 5.54 Å². The fraction of sp³-hybridized carbons (Fsp3) is 0.909. The summed E-state index contributed by atoms with van der Waals surface area (Å²) in [5.74, 6) is 2.32. The third-order valence-electron chi connectivity index (χ3n) is 2.54. The van der Waals surface area contributed by atoms with E-state index in [1.54, 1.807) is 0 Å². The number of hydrogen-bond acceptors (Lipinski definition) is 3. The molecule has 1 unspecified atom stereocenters. The summed E-state index contributed by atoms with van der Waals surface area (Å²) in [5.41, 5.74) is 0.224. The predicted octanol–water partition coefficient (Wildman–Crippen LogP) is 2.99. The van der Waals surface area contributed by atoms with Gasteiger partial charge in [0.25, 0.3) is 0 Å². The van der Waals surface area contributed by atoms with Crippen molar-refractivity contribution in [2.24, 2.45) is 4.99 Å². The predicted molar refractivity (Wildman–Crippen MR) is 74.2 cm³/mol. The van der Waals surface area contributed by atoms with Crippen LogP contribution in [0.3, 0.4) is 0 Å². The van der Waals surface area contributed by atoms with Gasteiger partial charge in [0.2, 0.25) is 0 Å². The Kier molecular flexibility index (Phi) is 5.33. The molecule has 1 rings (SSSR count). The Morgan fingerprint density at radius 2 is 2.33 bits per heavy atom. The maximum atomic E-state index is 4.79. The van der Waals surface area contributed by atoms with Crippen molar-refractivity contribution in [3.63, 3.8) is 0 Å². The number of rotatable bonds is 4. The number of aliphatic imine (C=N–C) groups is 1. The first kappa shape index (κ1) is 13.2. The van der Waals surface area contributed by atoms with E-state index in [1.165, 1.54) is 12.2 Å². The lowest BCUT2D eigenvalue weighted by molar-refractivity contribution is 0.445. The van der Waals surface area contributed by atoms with Crippen LogP contribution in [0.5, 0.6) is 0 Å². The van der Waals surface area contributed by atoms with Gasteiger partial charge < -0.3 is 5.32 Å². The molecule has 1 aliphatic rings. The molecule has 0 aromatic rings. The minimum absolute atomic E-state index is 0.224. The van der Waals surface area contributed by atoms with Crippen LogP contribution in [0.15, 0.2) is 4.99 Å². The average molecular weight is 246 g/mol.